The van der Waals surface area contributed by atoms with Crippen LogP contribution in [0.3, 0.4) is 0 Å². The number of fused-ring (bicyclic) bond motifs is 1. The number of hydrogen-bond donors (Lipinski definition) is 5. The number of aliphatic hydroxyl groups excluding tert-OH is 3. The average Bonchev–Trinajstić information content (AvgIpc) is 3.24. The molecule has 1 saturated heterocycles. The van der Waals surface area contributed by atoms with E-state index in [0.29, 0.717) is 0 Å². The third kappa shape index (κ3) is 3.06. The Balaban J connectivity index is 1.96. The number of nitrogens with zero attached hydrogens (tertiary/aromatic N) is 4. The summed E-state index contributed by atoms with van der Waals surface area (Å²) < 4.78 is 5.56. The molecule has 6 N–H and O–H groups in total. The fourth-order valence-electron chi connectivity index (χ4n) is 3.26. The summed E-state index contributed by atoms with van der Waals surface area (Å²) in [6.45, 7) is -0.615. The number of hydrogen-bond acceptors (Lipinski definition) is 10. The maximum absolute atomic E-state index is 12.2. The number of nitrogens with one attached hydrogen (secondary N) is 1. The Morgan fingerprint density at radius 1 is 1.40 bits per heavy atom. The molecule has 1 aliphatic rings. The molecule has 0 amide bonds. The number of para-hydroxylation sites is 1. The van der Waals surface area contributed by atoms with Crippen molar-refractivity contribution in [1.82, 2.24) is 19.5 Å². The average molecular weight is 483 g/mol. The Hall–Kier alpha value is -2.87. The molecule has 4 rings (SSSR count). The molecule has 3 heterocycles. The van der Waals surface area contributed by atoms with Gasteiger partial charge in [-0.25, -0.2) is 0 Å². The number of aromatic nitrogens is 4. The molecule has 3 aromatic rings. The molecule has 0 spiro atoms. The molecule has 0 aliphatic carbocycles. The van der Waals surface area contributed by atoms with Crippen LogP contribution in [0.15, 0.2) is 35.4 Å². The predicted octanol–water partition coefficient (Wildman–Crippen LogP) is -2.64. The molecule has 0 radical (unpaired) electrons. The zero-order valence-electron chi connectivity index (χ0n) is 15.1. The summed E-state index contributed by atoms with van der Waals surface area (Å²) in [7, 11) is 0. The second-order valence-electron chi connectivity index (χ2n) is 6.47. The van der Waals surface area contributed by atoms with Crippen LogP contribution in [0.4, 0.5) is 11.6 Å². The van der Waals surface area contributed by atoms with Crippen molar-refractivity contribution in [2.24, 2.45) is 0 Å². The number of nitrogen functional groups attached to an aromatic ring is 1. The van der Waals surface area contributed by atoms with Gasteiger partial charge in [0.15, 0.2) is 0 Å². The molecular weight excluding hydrogens is 467 g/mol. The number of anilines is 1. The first-order valence-corrected chi connectivity index (χ1v) is 10.3. The topological polar surface area (TPSA) is 203 Å². The number of ether oxygens (including phenoxy) is 1. The summed E-state index contributed by atoms with van der Waals surface area (Å²) in [4.78, 5) is 33.4. The van der Waals surface area contributed by atoms with Gasteiger partial charge in [0.25, 0.3) is 0 Å². The van der Waals surface area contributed by atoms with Gasteiger partial charge in [-0.3, -0.25) is 0 Å². The summed E-state index contributed by atoms with van der Waals surface area (Å²) in [5.74, 6) is -0.214. The second kappa shape index (κ2) is 7.43. The van der Waals surface area contributed by atoms with Gasteiger partial charge in [0.1, 0.15) is 0 Å². The summed E-state index contributed by atoms with van der Waals surface area (Å²) in [5, 5.41) is 42.4. The van der Waals surface area contributed by atoms with Gasteiger partial charge in [-0.2, -0.15) is 0 Å². The number of aliphatic hydroxyl groups is 3. The van der Waals surface area contributed by atoms with E-state index in [-0.39, 0.29) is 27.3 Å². The molecule has 1 aliphatic heterocycles. The summed E-state index contributed by atoms with van der Waals surface area (Å²) in [6.07, 6.45) is -3.12. The Kier molecular flexibility index (Phi) is 5.05. The van der Waals surface area contributed by atoms with Gasteiger partial charge in [0.05, 0.1) is 0 Å². The summed E-state index contributed by atoms with van der Waals surface area (Å²) in [6, 6.07) is 5.89. The molecule has 13 nitrogen and oxygen atoms in total. The van der Waals surface area contributed by atoms with Crippen LogP contribution in [0.25, 0.3) is 11.2 Å². The van der Waals surface area contributed by atoms with Crippen molar-refractivity contribution in [2.75, 3.05) is 12.3 Å². The van der Waals surface area contributed by atoms with Crippen LogP contribution < -0.4 is 15.8 Å². The molecule has 0 bridgehead atoms. The van der Waals surface area contributed by atoms with Gasteiger partial charge in [0, 0.05) is 0 Å². The van der Waals surface area contributed by atoms with E-state index in [1.165, 1.54) is 29.1 Å². The first kappa shape index (κ1) is 20.4. The molecule has 14 heteroatoms. The van der Waals surface area contributed by atoms with Crippen molar-refractivity contribution in [2.45, 2.75) is 22.9 Å². The Morgan fingerprint density at radius 2 is 2.13 bits per heavy atom. The summed E-state index contributed by atoms with van der Waals surface area (Å²) in [5.41, 5.74) is 4.67. The molecule has 2 aromatic heterocycles. The van der Waals surface area contributed by atoms with Gasteiger partial charge >= 0.3 is 173 Å². The molecule has 4 atom stereocenters. The van der Waals surface area contributed by atoms with Crippen molar-refractivity contribution < 1.29 is 25.0 Å². The zero-order valence-corrected chi connectivity index (χ0v) is 16.8. The second-order valence-corrected chi connectivity index (χ2v) is 9.05. The standard InChI is InChI=1S/C16H16N6O7Se/c17-15-19-13-10(14(26)20-15)18-6-21(13)16(12(25)11(24)8(5-23)29-16)30-9-4-2-1-3-7(9)22(27)28/h1-4,6,8,11-12,23-25H,5H2,(H3,17,19,20,26)/t8-,11-,12-,16+/m1/s1. The van der Waals surface area contributed by atoms with Crippen molar-refractivity contribution in [3.8, 4) is 0 Å². The fraction of sp³-hybridized carbons (Fsp3) is 0.312. The number of aromatic amines is 1. The van der Waals surface area contributed by atoms with E-state index in [2.05, 4.69) is 15.0 Å². The van der Waals surface area contributed by atoms with Gasteiger partial charge in [-0.15, -0.1) is 0 Å². The van der Waals surface area contributed by atoms with Crippen LogP contribution in [-0.4, -0.2) is 79.6 Å². The normalized spacial score (nSPS) is 26.3. The number of H-pyrrole nitrogens is 1. The van der Waals surface area contributed by atoms with Crippen molar-refractivity contribution >= 4 is 42.2 Å². The van der Waals surface area contributed by atoms with E-state index in [0.717, 1.165) is 0 Å². The molecule has 0 unspecified atom stereocenters. The number of nitro benzene ring substituents is 1. The minimum absolute atomic E-state index is 0.0402. The molecule has 30 heavy (non-hydrogen) atoms. The number of benzene rings is 1. The van der Waals surface area contributed by atoms with Crippen LogP contribution in [0, 0.1) is 10.1 Å². The molecule has 158 valence electrons. The number of nitrogens with two attached hydrogens (primary N) is 1. The SMILES string of the molecule is Nc1nc2c(ncn2[C@]2([Se]c3ccccc3[N+](=O)[O-])O[C@H](CO)[C@@H](O)[C@H]2O)c(=O)[nH]1. The van der Waals surface area contributed by atoms with Crippen molar-refractivity contribution in [1.29, 1.82) is 0 Å². The summed E-state index contributed by atoms with van der Waals surface area (Å²) >= 11 is -1.05. The van der Waals surface area contributed by atoms with E-state index in [1.54, 1.807) is 6.07 Å². The van der Waals surface area contributed by atoms with E-state index in [4.69, 9.17) is 10.5 Å². The van der Waals surface area contributed by atoms with Gasteiger partial charge in [0.2, 0.25) is 0 Å². The predicted molar refractivity (Wildman–Crippen MR) is 103 cm³/mol. The fourth-order valence-corrected chi connectivity index (χ4v) is 6.14. The number of nitro groups is 1. The minimum atomic E-state index is -1.80. The molecule has 0 saturated carbocycles. The third-order valence-electron chi connectivity index (χ3n) is 4.66. The van der Waals surface area contributed by atoms with Crippen LogP contribution in [0.2, 0.25) is 0 Å². The quantitative estimate of drug-likeness (QED) is 0.145. The molecule has 1 aromatic carbocycles. The first-order valence-electron chi connectivity index (χ1n) is 8.59. The first-order chi connectivity index (χ1) is 14.3. The van der Waals surface area contributed by atoms with Gasteiger partial charge in [-0.05, 0) is 0 Å². The Labute approximate surface area is 173 Å². The number of rotatable bonds is 5. The third-order valence-corrected chi connectivity index (χ3v) is 7.58. The van der Waals surface area contributed by atoms with Gasteiger partial charge in [-0.1, -0.05) is 0 Å². The van der Waals surface area contributed by atoms with Crippen molar-refractivity contribution in [3.05, 3.63) is 51.1 Å². The van der Waals surface area contributed by atoms with E-state index in [1.807, 2.05) is 0 Å². The molecule has 1 fully saturated rings. The monoisotopic (exact) mass is 484 g/mol. The zero-order chi connectivity index (χ0) is 21.6. The van der Waals surface area contributed by atoms with Crippen LogP contribution in [0.1, 0.15) is 0 Å². The maximum atomic E-state index is 12.2. The Morgan fingerprint density at radius 3 is 2.80 bits per heavy atom. The van der Waals surface area contributed by atoms with Crippen LogP contribution in [-0.2, 0) is 9.36 Å². The van der Waals surface area contributed by atoms with Crippen LogP contribution >= 0.6 is 0 Å². The van der Waals surface area contributed by atoms with Crippen LogP contribution in [0.5, 0.6) is 0 Å². The van der Waals surface area contributed by atoms with E-state index < -0.39 is 55.0 Å². The van der Waals surface area contributed by atoms with E-state index in [9.17, 15) is 30.2 Å². The number of imidazole rings is 1. The Bertz CT molecular complexity index is 1180. The molecular formula is C16H16N6O7Se. The van der Waals surface area contributed by atoms with E-state index >= 15 is 0 Å². The van der Waals surface area contributed by atoms with Crippen molar-refractivity contribution in [3.63, 3.8) is 0 Å². The van der Waals surface area contributed by atoms with Gasteiger partial charge < -0.3 is 0 Å².